The van der Waals surface area contributed by atoms with Crippen LogP contribution in [-0.2, 0) is 4.79 Å². The molecule has 2 fully saturated rings. The van der Waals surface area contributed by atoms with Crippen molar-refractivity contribution >= 4 is 11.8 Å². The predicted octanol–water partition coefficient (Wildman–Crippen LogP) is 2.31. The first-order valence-corrected chi connectivity index (χ1v) is 9.97. The number of ether oxygens (including phenoxy) is 1. The van der Waals surface area contributed by atoms with E-state index in [9.17, 15) is 14.7 Å². The summed E-state index contributed by atoms with van der Waals surface area (Å²) >= 11 is 0. The molecule has 0 aromatic heterocycles. The molecule has 3 rings (SSSR count). The van der Waals surface area contributed by atoms with Crippen LogP contribution in [0.5, 0.6) is 5.75 Å². The van der Waals surface area contributed by atoms with Crippen molar-refractivity contribution in [3.05, 3.63) is 29.8 Å². The summed E-state index contributed by atoms with van der Waals surface area (Å²) in [5.41, 5.74) is 0.566. The van der Waals surface area contributed by atoms with Gasteiger partial charge < -0.3 is 19.6 Å². The molecule has 2 amide bonds. The zero-order valence-electron chi connectivity index (χ0n) is 16.3. The third kappa shape index (κ3) is 5.01. The minimum absolute atomic E-state index is 0.0163. The molecule has 1 aromatic rings. The summed E-state index contributed by atoms with van der Waals surface area (Å²) in [6.45, 7) is 5.62. The number of hydrogen-bond acceptors (Lipinski definition) is 4. The molecule has 1 aliphatic heterocycles. The summed E-state index contributed by atoms with van der Waals surface area (Å²) < 4.78 is 6.09. The molecule has 0 radical (unpaired) electrons. The Morgan fingerprint density at radius 3 is 2.52 bits per heavy atom. The minimum atomic E-state index is -0.102. The maximum absolute atomic E-state index is 12.7. The lowest BCUT2D eigenvalue weighted by Gasteiger charge is -2.32. The zero-order valence-corrected chi connectivity index (χ0v) is 16.3. The van der Waals surface area contributed by atoms with Gasteiger partial charge in [0.05, 0.1) is 6.61 Å². The molecular formula is C21H30N2O4. The van der Waals surface area contributed by atoms with E-state index < -0.39 is 0 Å². The molecule has 0 atom stereocenters. The second kappa shape index (κ2) is 8.74. The molecule has 1 heterocycles. The lowest BCUT2D eigenvalue weighted by Crippen LogP contribution is -2.42. The van der Waals surface area contributed by atoms with E-state index in [0.29, 0.717) is 23.8 Å². The van der Waals surface area contributed by atoms with Crippen LogP contribution >= 0.6 is 0 Å². The van der Waals surface area contributed by atoms with Crippen LogP contribution in [0.15, 0.2) is 24.3 Å². The maximum Gasteiger partial charge on any atom is 0.254 e. The van der Waals surface area contributed by atoms with Crippen LogP contribution in [0.4, 0.5) is 0 Å². The van der Waals surface area contributed by atoms with Gasteiger partial charge in [-0.2, -0.15) is 0 Å². The number of aliphatic hydroxyl groups excluding tert-OH is 1. The number of amides is 2. The van der Waals surface area contributed by atoms with Gasteiger partial charge in [0.15, 0.2) is 0 Å². The van der Waals surface area contributed by atoms with Gasteiger partial charge in [0.2, 0.25) is 5.91 Å². The minimum Gasteiger partial charge on any atom is -0.490 e. The largest absolute Gasteiger partial charge is 0.490 e. The number of carbonyl (C=O) groups excluding carboxylic acids is 2. The van der Waals surface area contributed by atoms with Crippen molar-refractivity contribution in [2.45, 2.75) is 51.7 Å². The lowest BCUT2D eigenvalue weighted by molar-refractivity contribution is -0.134. The summed E-state index contributed by atoms with van der Waals surface area (Å²) in [4.78, 5) is 28.5. The Hall–Kier alpha value is -2.08. The van der Waals surface area contributed by atoms with Gasteiger partial charge in [0.25, 0.3) is 5.91 Å². The van der Waals surface area contributed by atoms with Crippen LogP contribution in [-0.4, -0.2) is 65.1 Å². The Bertz CT molecular complexity index is 664. The van der Waals surface area contributed by atoms with Crippen LogP contribution in [0.2, 0.25) is 0 Å². The number of hydrogen-bond donors (Lipinski definition) is 1. The number of likely N-dealkylation sites (tertiary alicyclic amines) is 1. The highest BCUT2D eigenvalue weighted by molar-refractivity contribution is 5.94. The number of carbonyl (C=O) groups is 2. The summed E-state index contributed by atoms with van der Waals surface area (Å²) in [5, 5.41) is 9.20. The van der Waals surface area contributed by atoms with Crippen LogP contribution in [0.1, 0.15) is 49.9 Å². The van der Waals surface area contributed by atoms with Crippen molar-refractivity contribution in [1.82, 2.24) is 9.80 Å². The molecule has 0 unspecified atom stereocenters. The van der Waals surface area contributed by atoms with Gasteiger partial charge in [0, 0.05) is 50.0 Å². The van der Waals surface area contributed by atoms with Crippen LogP contribution in [0, 0.1) is 5.92 Å². The lowest BCUT2D eigenvalue weighted by atomic mass is 10.1. The monoisotopic (exact) mass is 374 g/mol. The molecule has 0 bridgehead atoms. The van der Waals surface area contributed by atoms with Crippen molar-refractivity contribution in [2.75, 3.05) is 26.2 Å². The quantitative estimate of drug-likeness (QED) is 0.795. The van der Waals surface area contributed by atoms with Crippen molar-refractivity contribution in [2.24, 2.45) is 5.92 Å². The highest BCUT2D eigenvalue weighted by atomic mass is 16.5. The number of piperidine rings is 1. The van der Waals surface area contributed by atoms with E-state index in [1.54, 1.807) is 17.0 Å². The molecule has 6 heteroatoms. The third-order valence-electron chi connectivity index (χ3n) is 5.29. The second-order valence-electron chi connectivity index (χ2n) is 7.76. The SMILES string of the molecule is CC(C)N(CCO)C(=O)c1cccc(OC2CCN(C(=O)C3CC3)CC2)c1. The number of benzene rings is 1. The third-order valence-corrected chi connectivity index (χ3v) is 5.29. The average molecular weight is 374 g/mol. The van der Waals surface area contributed by atoms with Gasteiger partial charge in [-0.15, -0.1) is 0 Å². The summed E-state index contributed by atoms with van der Waals surface area (Å²) in [5.74, 6) is 1.15. The normalized spacial score (nSPS) is 17.9. The standard InChI is InChI=1S/C21H30N2O4/c1-15(2)23(12-13-24)21(26)17-4-3-5-19(14-17)27-18-8-10-22(11-9-18)20(25)16-6-7-16/h3-5,14-16,18,24H,6-13H2,1-2H3. The van der Waals surface area contributed by atoms with E-state index in [1.165, 1.54) is 0 Å². The Labute approximate surface area is 161 Å². The molecular weight excluding hydrogens is 344 g/mol. The van der Waals surface area contributed by atoms with Gasteiger partial charge in [-0.3, -0.25) is 9.59 Å². The van der Waals surface area contributed by atoms with E-state index in [2.05, 4.69) is 0 Å². The fourth-order valence-electron chi connectivity index (χ4n) is 3.55. The second-order valence-corrected chi connectivity index (χ2v) is 7.76. The summed E-state index contributed by atoms with van der Waals surface area (Å²) in [6.07, 6.45) is 3.79. The van der Waals surface area contributed by atoms with Crippen molar-refractivity contribution in [3.63, 3.8) is 0 Å². The van der Waals surface area contributed by atoms with E-state index in [4.69, 9.17) is 4.74 Å². The van der Waals surface area contributed by atoms with Gasteiger partial charge >= 0.3 is 0 Å². The predicted molar refractivity (Wildman–Crippen MR) is 103 cm³/mol. The van der Waals surface area contributed by atoms with Gasteiger partial charge in [0.1, 0.15) is 11.9 Å². The van der Waals surface area contributed by atoms with Crippen LogP contribution in [0.3, 0.4) is 0 Å². The molecule has 1 aromatic carbocycles. The first kappa shape index (κ1) is 19.7. The van der Waals surface area contributed by atoms with E-state index in [1.807, 2.05) is 30.9 Å². The van der Waals surface area contributed by atoms with Crippen molar-refractivity contribution < 1.29 is 19.4 Å². The topological polar surface area (TPSA) is 70.1 Å². The first-order valence-electron chi connectivity index (χ1n) is 9.97. The Morgan fingerprint density at radius 1 is 1.22 bits per heavy atom. The van der Waals surface area contributed by atoms with Crippen LogP contribution in [0.25, 0.3) is 0 Å². The molecule has 2 aliphatic rings. The van der Waals surface area contributed by atoms with E-state index >= 15 is 0 Å². The highest BCUT2D eigenvalue weighted by Gasteiger charge is 2.35. The van der Waals surface area contributed by atoms with Gasteiger partial charge in [-0.1, -0.05) is 6.07 Å². The number of rotatable bonds is 7. The van der Waals surface area contributed by atoms with E-state index in [0.717, 1.165) is 38.8 Å². The Balaban J connectivity index is 1.57. The highest BCUT2D eigenvalue weighted by Crippen LogP contribution is 2.32. The molecule has 1 aliphatic carbocycles. The van der Waals surface area contributed by atoms with Gasteiger partial charge in [-0.25, -0.2) is 0 Å². The summed E-state index contributed by atoms with van der Waals surface area (Å²) in [6, 6.07) is 7.26. The van der Waals surface area contributed by atoms with E-state index in [-0.39, 0.29) is 30.6 Å². The molecule has 6 nitrogen and oxygen atoms in total. The molecule has 1 saturated heterocycles. The fraction of sp³-hybridized carbons (Fsp3) is 0.619. The first-order chi connectivity index (χ1) is 13.0. The Morgan fingerprint density at radius 2 is 1.93 bits per heavy atom. The average Bonchev–Trinajstić information content (AvgIpc) is 3.51. The Kier molecular flexibility index (Phi) is 6.37. The molecule has 1 N–H and O–H groups in total. The smallest absolute Gasteiger partial charge is 0.254 e. The number of nitrogens with zero attached hydrogens (tertiary/aromatic N) is 2. The zero-order chi connectivity index (χ0) is 19.4. The molecule has 1 saturated carbocycles. The van der Waals surface area contributed by atoms with Gasteiger partial charge in [-0.05, 0) is 44.9 Å². The fourth-order valence-corrected chi connectivity index (χ4v) is 3.55. The molecule has 148 valence electrons. The van der Waals surface area contributed by atoms with Crippen LogP contribution < -0.4 is 4.74 Å². The number of aliphatic hydroxyl groups is 1. The maximum atomic E-state index is 12.7. The molecule has 0 spiro atoms. The molecule has 27 heavy (non-hydrogen) atoms. The van der Waals surface area contributed by atoms with Crippen molar-refractivity contribution in [1.29, 1.82) is 0 Å². The van der Waals surface area contributed by atoms with Crippen molar-refractivity contribution in [3.8, 4) is 5.75 Å². The summed E-state index contributed by atoms with van der Waals surface area (Å²) in [7, 11) is 0.